The molecular weight excluding hydrogens is 196 g/mol. The highest BCUT2D eigenvalue weighted by molar-refractivity contribution is 5.26. The predicted molar refractivity (Wildman–Crippen MR) is 65.2 cm³/mol. The van der Waals surface area contributed by atoms with Crippen LogP contribution in [0, 0.1) is 17.3 Å². The van der Waals surface area contributed by atoms with Gasteiger partial charge < -0.3 is 5.11 Å². The molecular formula is C15H20O. The fourth-order valence-corrected chi connectivity index (χ4v) is 3.90. The van der Waals surface area contributed by atoms with Gasteiger partial charge in [-0.3, -0.25) is 0 Å². The molecule has 3 aliphatic carbocycles. The molecule has 4 rings (SSSR count). The van der Waals surface area contributed by atoms with E-state index in [9.17, 15) is 5.11 Å². The first-order valence-corrected chi connectivity index (χ1v) is 6.33. The van der Waals surface area contributed by atoms with Gasteiger partial charge in [-0.15, -0.1) is 0 Å². The fourth-order valence-electron chi connectivity index (χ4n) is 3.90. The minimum Gasteiger partial charge on any atom is -0.392 e. The van der Waals surface area contributed by atoms with Gasteiger partial charge in [-0.25, -0.2) is 0 Å². The molecule has 2 bridgehead atoms. The van der Waals surface area contributed by atoms with E-state index in [-0.39, 0.29) is 6.10 Å². The van der Waals surface area contributed by atoms with Gasteiger partial charge in [0.25, 0.3) is 0 Å². The van der Waals surface area contributed by atoms with Crippen LogP contribution in [-0.4, -0.2) is 11.2 Å². The number of fused-ring (bicyclic) bond motifs is 2. The maximum absolute atomic E-state index is 10.3. The van der Waals surface area contributed by atoms with Crippen LogP contribution in [0.3, 0.4) is 0 Å². The van der Waals surface area contributed by atoms with Crippen molar-refractivity contribution in [2.75, 3.05) is 0 Å². The maximum atomic E-state index is 10.3. The van der Waals surface area contributed by atoms with Crippen LogP contribution in [0.2, 0.25) is 0 Å². The molecule has 0 radical (unpaired) electrons. The molecule has 0 heterocycles. The van der Waals surface area contributed by atoms with E-state index in [1.54, 1.807) is 0 Å². The van der Waals surface area contributed by atoms with Crippen molar-refractivity contribution in [1.29, 1.82) is 0 Å². The lowest BCUT2D eigenvalue weighted by Gasteiger charge is -2.61. The van der Waals surface area contributed by atoms with Crippen LogP contribution in [-0.2, 0) is 0 Å². The third-order valence-electron chi connectivity index (χ3n) is 5.10. The summed E-state index contributed by atoms with van der Waals surface area (Å²) in [5, 5.41) is 10.3. The highest BCUT2D eigenvalue weighted by Gasteiger charge is 2.57. The lowest BCUT2D eigenvalue weighted by atomic mass is 9.44. The van der Waals surface area contributed by atoms with Crippen molar-refractivity contribution in [2.24, 2.45) is 17.3 Å². The summed E-state index contributed by atoms with van der Waals surface area (Å²) in [6.45, 7) is 4.74. The minimum atomic E-state index is -0.126. The van der Waals surface area contributed by atoms with Gasteiger partial charge in [0.05, 0.1) is 6.10 Å². The van der Waals surface area contributed by atoms with E-state index in [2.05, 4.69) is 38.1 Å². The standard InChI is InChI=1S/C15H20O/c1-15(2)11-8-12(15)14(13(16)9-11)10-6-4-3-5-7-10/h3-7,11-14,16H,8-9H2,1-2H3/t11-,12+,13+,14+/m0/s1. The van der Waals surface area contributed by atoms with Gasteiger partial charge in [0.15, 0.2) is 0 Å². The van der Waals surface area contributed by atoms with Crippen LogP contribution in [0.25, 0.3) is 0 Å². The monoisotopic (exact) mass is 216 g/mol. The Kier molecular flexibility index (Phi) is 2.16. The molecule has 0 aromatic heterocycles. The number of aliphatic hydroxyl groups is 1. The second kappa shape index (κ2) is 3.33. The van der Waals surface area contributed by atoms with Crippen molar-refractivity contribution in [1.82, 2.24) is 0 Å². The van der Waals surface area contributed by atoms with Crippen molar-refractivity contribution in [3.63, 3.8) is 0 Å². The smallest absolute Gasteiger partial charge is 0.0614 e. The van der Waals surface area contributed by atoms with Crippen molar-refractivity contribution < 1.29 is 5.11 Å². The lowest BCUT2D eigenvalue weighted by Crippen LogP contribution is -2.56. The summed E-state index contributed by atoms with van der Waals surface area (Å²) in [4.78, 5) is 0. The minimum absolute atomic E-state index is 0.126. The van der Waals surface area contributed by atoms with Crippen LogP contribution >= 0.6 is 0 Å². The Morgan fingerprint density at radius 3 is 2.44 bits per heavy atom. The zero-order valence-corrected chi connectivity index (χ0v) is 10.1. The van der Waals surface area contributed by atoms with E-state index >= 15 is 0 Å². The highest BCUT2D eigenvalue weighted by atomic mass is 16.3. The van der Waals surface area contributed by atoms with Crippen molar-refractivity contribution in [3.05, 3.63) is 35.9 Å². The Labute approximate surface area is 97.5 Å². The average Bonchev–Trinajstić information content (AvgIpc) is 2.29. The van der Waals surface area contributed by atoms with Crippen LogP contribution in [0.1, 0.15) is 38.2 Å². The summed E-state index contributed by atoms with van der Waals surface area (Å²) >= 11 is 0. The van der Waals surface area contributed by atoms with Crippen molar-refractivity contribution >= 4 is 0 Å². The number of rotatable bonds is 1. The molecule has 1 aromatic carbocycles. The van der Waals surface area contributed by atoms with E-state index in [4.69, 9.17) is 0 Å². The molecule has 0 saturated heterocycles. The molecule has 0 unspecified atom stereocenters. The quantitative estimate of drug-likeness (QED) is 0.764. The van der Waals surface area contributed by atoms with Crippen LogP contribution in [0.15, 0.2) is 30.3 Å². The molecule has 1 heteroatoms. The molecule has 3 saturated carbocycles. The van der Waals surface area contributed by atoms with E-state index in [0.717, 1.165) is 12.3 Å². The van der Waals surface area contributed by atoms with E-state index in [0.29, 0.717) is 17.3 Å². The zero-order chi connectivity index (χ0) is 11.3. The normalized spacial score (nSPS) is 40.2. The molecule has 3 aliphatic rings. The van der Waals surface area contributed by atoms with Gasteiger partial charge in [-0.1, -0.05) is 44.2 Å². The van der Waals surface area contributed by atoms with Gasteiger partial charge in [-0.2, -0.15) is 0 Å². The highest BCUT2D eigenvalue weighted by Crippen LogP contribution is 2.63. The van der Waals surface area contributed by atoms with Gasteiger partial charge in [0.1, 0.15) is 0 Å². The molecule has 1 nitrogen and oxygen atoms in total. The second-order valence-electron chi connectivity index (χ2n) is 6.10. The van der Waals surface area contributed by atoms with Gasteiger partial charge in [0, 0.05) is 5.92 Å². The Morgan fingerprint density at radius 2 is 1.81 bits per heavy atom. The number of aliphatic hydroxyl groups excluding tert-OH is 1. The van der Waals surface area contributed by atoms with Gasteiger partial charge >= 0.3 is 0 Å². The number of hydrogen-bond donors (Lipinski definition) is 1. The number of benzene rings is 1. The van der Waals surface area contributed by atoms with Crippen LogP contribution < -0.4 is 0 Å². The first-order valence-electron chi connectivity index (χ1n) is 6.33. The van der Waals surface area contributed by atoms with Crippen LogP contribution in [0.4, 0.5) is 0 Å². The summed E-state index contributed by atoms with van der Waals surface area (Å²) < 4.78 is 0. The molecule has 4 atom stereocenters. The first kappa shape index (κ1) is 10.3. The summed E-state index contributed by atoms with van der Waals surface area (Å²) in [7, 11) is 0. The molecule has 1 aromatic rings. The van der Waals surface area contributed by atoms with Gasteiger partial charge in [-0.05, 0) is 35.7 Å². The first-order chi connectivity index (χ1) is 7.60. The molecule has 0 amide bonds. The molecule has 1 N–H and O–H groups in total. The topological polar surface area (TPSA) is 20.2 Å². The Bertz CT molecular complexity index is 382. The van der Waals surface area contributed by atoms with E-state index in [1.165, 1.54) is 12.0 Å². The summed E-state index contributed by atoms with van der Waals surface area (Å²) in [6.07, 6.45) is 2.17. The molecule has 0 aliphatic heterocycles. The summed E-state index contributed by atoms with van der Waals surface area (Å²) in [6, 6.07) is 10.6. The third-order valence-corrected chi connectivity index (χ3v) is 5.10. The Hall–Kier alpha value is -0.820. The summed E-state index contributed by atoms with van der Waals surface area (Å²) in [5.74, 6) is 1.78. The van der Waals surface area contributed by atoms with Gasteiger partial charge in [0.2, 0.25) is 0 Å². The lowest BCUT2D eigenvalue weighted by molar-refractivity contribution is -0.133. The maximum Gasteiger partial charge on any atom is 0.0614 e. The molecule has 16 heavy (non-hydrogen) atoms. The largest absolute Gasteiger partial charge is 0.392 e. The molecule has 86 valence electrons. The molecule has 3 fully saturated rings. The predicted octanol–water partition coefficient (Wildman–Crippen LogP) is 3.20. The Balaban J connectivity index is 1.94. The summed E-state index contributed by atoms with van der Waals surface area (Å²) in [5.41, 5.74) is 1.76. The second-order valence-corrected chi connectivity index (χ2v) is 6.10. The van der Waals surface area contributed by atoms with Crippen LogP contribution in [0.5, 0.6) is 0 Å². The zero-order valence-electron chi connectivity index (χ0n) is 10.1. The van der Waals surface area contributed by atoms with E-state index < -0.39 is 0 Å². The number of hydrogen-bond acceptors (Lipinski definition) is 1. The van der Waals surface area contributed by atoms with Crippen molar-refractivity contribution in [2.45, 2.75) is 38.7 Å². The third kappa shape index (κ3) is 1.27. The fraction of sp³-hybridized carbons (Fsp3) is 0.600. The van der Waals surface area contributed by atoms with Crippen molar-refractivity contribution in [3.8, 4) is 0 Å². The average molecular weight is 216 g/mol. The van der Waals surface area contributed by atoms with E-state index in [1.807, 2.05) is 6.07 Å². The SMILES string of the molecule is CC1(C)[C@@H]2C[C@@H](O)[C@H](c3ccccc3)[C@H]1C2. The molecule has 0 spiro atoms. The Morgan fingerprint density at radius 1 is 1.12 bits per heavy atom.